The molecule has 35 heavy (non-hydrogen) atoms. The summed E-state index contributed by atoms with van der Waals surface area (Å²) in [4.78, 5) is 27.7. The number of carbonyl (C=O) groups is 2. The van der Waals surface area contributed by atoms with Crippen LogP contribution in [0.4, 0.5) is 4.39 Å². The summed E-state index contributed by atoms with van der Waals surface area (Å²) in [6.07, 6.45) is 1.68. The van der Waals surface area contributed by atoms with E-state index < -0.39 is 18.0 Å². The van der Waals surface area contributed by atoms with Gasteiger partial charge in [0.25, 0.3) is 5.91 Å². The van der Waals surface area contributed by atoms with Crippen LogP contribution >= 0.6 is 0 Å². The van der Waals surface area contributed by atoms with Gasteiger partial charge in [-0.2, -0.15) is 0 Å². The normalized spacial score (nSPS) is 26.9. The third-order valence-corrected chi connectivity index (χ3v) is 7.16. The van der Waals surface area contributed by atoms with E-state index in [0.717, 1.165) is 12.8 Å². The highest BCUT2D eigenvalue weighted by Crippen LogP contribution is 2.29. The summed E-state index contributed by atoms with van der Waals surface area (Å²) in [5.41, 5.74) is 2.93. The molecule has 2 heterocycles. The fourth-order valence-electron chi connectivity index (χ4n) is 5.49. The molecule has 8 heteroatoms. The number of ether oxygens (including phenoxy) is 2. The molecular formula is C27H31FN2O5. The zero-order valence-electron chi connectivity index (χ0n) is 19.6. The summed E-state index contributed by atoms with van der Waals surface area (Å²) in [5, 5.41) is 13.5. The second-order valence-electron chi connectivity index (χ2n) is 9.74. The van der Waals surface area contributed by atoms with Gasteiger partial charge in [0.1, 0.15) is 11.9 Å². The minimum Gasteiger partial charge on any atom is -0.389 e. The molecular weight excluding hydrogens is 451 g/mol. The largest absolute Gasteiger partial charge is 0.389 e. The number of β-amino-alcohol motifs (C(OH)–C–C–N with tert-alkyl or cyclic N) is 1. The number of hydrogen-bond acceptors (Lipinski definition) is 5. The summed E-state index contributed by atoms with van der Waals surface area (Å²) in [6.45, 7) is 0.423. The highest BCUT2D eigenvalue weighted by atomic mass is 19.1. The quantitative estimate of drug-likeness (QED) is 0.698. The van der Waals surface area contributed by atoms with E-state index in [2.05, 4.69) is 17.4 Å². The number of fused-ring (bicyclic) bond motifs is 2. The van der Waals surface area contributed by atoms with Crippen LogP contribution in [-0.4, -0.2) is 72.0 Å². The SMILES string of the molecule is O=C(C[C@@H]1CC[C@H]2[C@@H](COC[C@@H](O)CN2C(=O)c2ccc(F)cc2)O1)NC1Cc2ccccc2C1. The molecule has 0 radical (unpaired) electrons. The molecule has 7 nitrogen and oxygen atoms in total. The molecule has 2 fully saturated rings. The molecule has 1 aliphatic carbocycles. The Morgan fingerprint density at radius 1 is 1.03 bits per heavy atom. The fraction of sp³-hybridized carbons (Fsp3) is 0.481. The van der Waals surface area contributed by atoms with Crippen LogP contribution in [0.15, 0.2) is 48.5 Å². The molecule has 5 rings (SSSR count). The van der Waals surface area contributed by atoms with Crippen LogP contribution in [0.3, 0.4) is 0 Å². The van der Waals surface area contributed by atoms with E-state index >= 15 is 0 Å². The Morgan fingerprint density at radius 2 is 1.74 bits per heavy atom. The number of benzene rings is 2. The first-order chi connectivity index (χ1) is 17.0. The van der Waals surface area contributed by atoms with Crippen LogP contribution in [0.25, 0.3) is 0 Å². The molecule has 0 saturated carbocycles. The van der Waals surface area contributed by atoms with E-state index in [9.17, 15) is 19.1 Å². The van der Waals surface area contributed by atoms with Gasteiger partial charge in [0.05, 0.1) is 37.9 Å². The standard InChI is InChI=1S/C27H31FN2O5/c28-20-7-5-17(6-8-20)27(33)30-14-22(31)15-34-16-25-24(30)10-9-23(35-25)13-26(32)29-21-11-18-3-1-2-4-19(18)12-21/h1-8,21-25,31H,9-16H2,(H,29,32)/t22-,23-,24-,25+/m0/s1. The number of amides is 2. The second-order valence-corrected chi connectivity index (χ2v) is 9.74. The van der Waals surface area contributed by atoms with Gasteiger partial charge < -0.3 is 24.8 Å². The summed E-state index contributed by atoms with van der Waals surface area (Å²) >= 11 is 0. The maximum atomic E-state index is 13.4. The Hall–Kier alpha value is -2.81. The Kier molecular flexibility index (Phi) is 7.13. The maximum absolute atomic E-state index is 13.4. The van der Waals surface area contributed by atoms with Gasteiger partial charge in [0.15, 0.2) is 0 Å². The third kappa shape index (κ3) is 5.55. The lowest BCUT2D eigenvalue weighted by atomic mass is 9.94. The van der Waals surface area contributed by atoms with Crippen LogP contribution < -0.4 is 5.32 Å². The molecule has 2 saturated heterocycles. The number of aliphatic hydroxyl groups excluding tert-OH is 1. The Labute approximate surface area is 204 Å². The topological polar surface area (TPSA) is 88.1 Å². The molecule has 2 amide bonds. The predicted molar refractivity (Wildman–Crippen MR) is 126 cm³/mol. The van der Waals surface area contributed by atoms with E-state index in [1.54, 1.807) is 4.90 Å². The van der Waals surface area contributed by atoms with Crippen LogP contribution in [0.2, 0.25) is 0 Å². The minimum atomic E-state index is -0.820. The van der Waals surface area contributed by atoms with Crippen LogP contribution in [0.1, 0.15) is 40.7 Å². The molecule has 0 bridgehead atoms. The molecule has 4 atom stereocenters. The zero-order chi connectivity index (χ0) is 24.4. The number of nitrogens with zero attached hydrogens (tertiary/aromatic N) is 1. The van der Waals surface area contributed by atoms with E-state index in [1.807, 2.05) is 12.1 Å². The first-order valence-corrected chi connectivity index (χ1v) is 12.3. The number of halogens is 1. The molecule has 2 aromatic carbocycles. The number of rotatable bonds is 4. The second kappa shape index (κ2) is 10.4. The number of nitrogens with one attached hydrogen (secondary N) is 1. The summed E-state index contributed by atoms with van der Waals surface area (Å²) in [5.74, 6) is -0.724. The molecule has 0 aromatic heterocycles. The minimum absolute atomic E-state index is 0.0346. The van der Waals surface area contributed by atoms with Gasteiger partial charge in [0.2, 0.25) is 5.91 Å². The molecule has 2 aromatic rings. The smallest absolute Gasteiger partial charge is 0.254 e. The van der Waals surface area contributed by atoms with Gasteiger partial charge in [-0.05, 0) is 61.1 Å². The van der Waals surface area contributed by atoms with Crippen molar-refractivity contribution in [3.63, 3.8) is 0 Å². The van der Waals surface area contributed by atoms with Crippen molar-refractivity contribution in [3.05, 3.63) is 71.0 Å². The lowest BCUT2D eigenvalue weighted by Gasteiger charge is -2.44. The Bertz CT molecular complexity index is 1040. The van der Waals surface area contributed by atoms with Crippen LogP contribution in [-0.2, 0) is 27.1 Å². The van der Waals surface area contributed by atoms with Gasteiger partial charge in [-0.3, -0.25) is 9.59 Å². The zero-order valence-corrected chi connectivity index (χ0v) is 19.6. The average Bonchev–Trinajstić information content (AvgIpc) is 3.24. The van der Waals surface area contributed by atoms with Crippen molar-refractivity contribution in [2.24, 2.45) is 0 Å². The molecule has 2 aliphatic heterocycles. The average molecular weight is 483 g/mol. The van der Waals surface area contributed by atoms with Gasteiger partial charge in [-0.1, -0.05) is 24.3 Å². The van der Waals surface area contributed by atoms with Crippen molar-refractivity contribution in [1.29, 1.82) is 0 Å². The van der Waals surface area contributed by atoms with Gasteiger partial charge in [-0.15, -0.1) is 0 Å². The molecule has 3 aliphatic rings. The van der Waals surface area contributed by atoms with Gasteiger partial charge >= 0.3 is 0 Å². The molecule has 2 N–H and O–H groups in total. The summed E-state index contributed by atoms with van der Waals surface area (Å²) < 4.78 is 25.3. The Morgan fingerprint density at radius 3 is 2.46 bits per heavy atom. The first kappa shape index (κ1) is 23.9. The van der Waals surface area contributed by atoms with Crippen molar-refractivity contribution in [1.82, 2.24) is 10.2 Å². The highest BCUT2D eigenvalue weighted by molar-refractivity contribution is 5.94. The van der Waals surface area contributed by atoms with Crippen LogP contribution in [0, 0.1) is 5.82 Å². The summed E-state index contributed by atoms with van der Waals surface area (Å²) in [7, 11) is 0. The molecule has 0 spiro atoms. The Balaban J connectivity index is 1.21. The predicted octanol–water partition coefficient (Wildman–Crippen LogP) is 2.25. The van der Waals surface area contributed by atoms with E-state index in [1.165, 1.54) is 35.4 Å². The fourth-order valence-corrected chi connectivity index (χ4v) is 5.49. The number of carbonyl (C=O) groups excluding carboxylic acids is 2. The van der Waals surface area contributed by atoms with E-state index in [0.29, 0.717) is 18.4 Å². The van der Waals surface area contributed by atoms with E-state index in [-0.39, 0.29) is 56.2 Å². The number of aliphatic hydroxyl groups is 1. The molecule has 0 unspecified atom stereocenters. The maximum Gasteiger partial charge on any atom is 0.254 e. The lowest BCUT2D eigenvalue weighted by molar-refractivity contribution is -0.151. The monoisotopic (exact) mass is 482 g/mol. The van der Waals surface area contributed by atoms with Crippen molar-refractivity contribution in [2.75, 3.05) is 19.8 Å². The van der Waals surface area contributed by atoms with Crippen LogP contribution in [0.5, 0.6) is 0 Å². The highest BCUT2D eigenvalue weighted by Gasteiger charge is 2.40. The number of hydrogen-bond donors (Lipinski definition) is 2. The van der Waals surface area contributed by atoms with Crippen molar-refractivity contribution < 1.29 is 28.6 Å². The van der Waals surface area contributed by atoms with Crippen molar-refractivity contribution >= 4 is 11.8 Å². The third-order valence-electron chi connectivity index (χ3n) is 7.16. The van der Waals surface area contributed by atoms with E-state index in [4.69, 9.17) is 9.47 Å². The van der Waals surface area contributed by atoms with Crippen molar-refractivity contribution in [3.8, 4) is 0 Å². The first-order valence-electron chi connectivity index (χ1n) is 12.3. The van der Waals surface area contributed by atoms with Crippen molar-refractivity contribution in [2.45, 2.75) is 62.5 Å². The molecule has 186 valence electrons. The van der Waals surface area contributed by atoms with Gasteiger partial charge in [-0.25, -0.2) is 4.39 Å². The summed E-state index contributed by atoms with van der Waals surface area (Å²) in [6, 6.07) is 13.5. The van der Waals surface area contributed by atoms with Gasteiger partial charge in [0, 0.05) is 18.2 Å². The lowest BCUT2D eigenvalue weighted by Crippen LogP contribution is -2.57.